The van der Waals surface area contributed by atoms with Gasteiger partial charge in [0.1, 0.15) is 0 Å². The first-order valence-electron chi connectivity index (χ1n) is 7.07. The molecular weight excluding hydrogens is 234 g/mol. The lowest BCUT2D eigenvalue weighted by atomic mass is 9.91. The summed E-state index contributed by atoms with van der Waals surface area (Å²) < 4.78 is 2.09. The highest BCUT2D eigenvalue weighted by Crippen LogP contribution is 2.32. The van der Waals surface area contributed by atoms with Gasteiger partial charge in [0.15, 0.2) is 0 Å². The molecule has 0 spiro atoms. The molecule has 0 aliphatic carbocycles. The molecule has 2 aromatic rings. The normalized spacial score (nSPS) is 16.7. The zero-order chi connectivity index (χ0) is 13.2. The third kappa shape index (κ3) is 2.30. The number of aromatic nitrogens is 2. The van der Waals surface area contributed by atoms with Crippen LogP contribution in [-0.4, -0.2) is 22.9 Å². The van der Waals surface area contributed by atoms with E-state index >= 15 is 0 Å². The molecule has 1 aromatic heterocycles. The summed E-state index contributed by atoms with van der Waals surface area (Å²) in [7, 11) is 2.08. The molecule has 3 nitrogen and oxygen atoms in total. The van der Waals surface area contributed by atoms with Crippen LogP contribution in [0.4, 0.5) is 0 Å². The van der Waals surface area contributed by atoms with Gasteiger partial charge in [-0.1, -0.05) is 30.3 Å². The molecule has 19 heavy (non-hydrogen) atoms. The van der Waals surface area contributed by atoms with Gasteiger partial charge in [-0.05, 0) is 38.4 Å². The third-order valence-corrected chi connectivity index (χ3v) is 4.11. The van der Waals surface area contributed by atoms with Crippen LogP contribution in [0.3, 0.4) is 0 Å². The third-order valence-electron chi connectivity index (χ3n) is 4.11. The number of benzene rings is 1. The molecule has 0 bridgehead atoms. The van der Waals surface area contributed by atoms with Crippen molar-refractivity contribution >= 4 is 0 Å². The van der Waals surface area contributed by atoms with E-state index in [0.29, 0.717) is 5.92 Å². The monoisotopic (exact) mass is 255 g/mol. The second-order valence-corrected chi connectivity index (χ2v) is 5.37. The molecule has 0 amide bonds. The molecule has 0 unspecified atom stereocenters. The molecule has 1 N–H and O–H groups in total. The van der Waals surface area contributed by atoms with Crippen LogP contribution in [0, 0.1) is 6.92 Å². The average molecular weight is 255 g/mol. The molecule has 1 saturated heterocycles. The fourth-order valence-electron chi connectivity index (χ4n) is 3.18. The molecule has 1 aliphatic heterocycles. The van der Waals surface area contributed by atoms with Gasteiger partial charge in [-0.2, -0.15) is 5.10 Å². The average Bonchev–Trinajstić information content (AvgIpc) is 2.76. The fourth-order valence-corrected chi connectivity index (χ4v) is 3.18. The lowest BCUT2D eigenvalue weighted by molar-refractivity contribution is 0.438. The zero-order valence-electron chi connectivity index (χ0n) is 11.7. The standard InChI is InChI=1S/C16H21N3/c1-12-15(13-6-4-3-5-7-13)18-19(2)16(12)14-8-10-17-11-9-14/h3-7,14,17H,8-11H2,1-2H3. The van der Waals surface area contributed by atoms with Gasteiger partial charge in [-0.15, -0.1) is 0 Å². The molecule has 1 aliphatic rings. The molecule has 3 heteroatoms. The maximum Gasteiger partial charge on any atom is 0.0955 e. The summed E-state index contributed by atoms with van der Waals surface area (Å²) in [5, 5.41) is 8.18. The summed E-state index contributed by atoms with van der Waals surface area (Å²) in [6, 6.07) is 10.5. The van der Waals surface area contributed by atoms with E-state index in [4.69, 9.17) is 5.10 Å². The molecule has 1 aromatic carbocycles. The molecule has 2 heterocycles. The van der Waals surface area contributed by atoms with Crippen molar-refractivity contribution in [2.45, 2.75) is 25.7 Å². The van der Waals surface area contributed by atoms with E-state index in [9.17, 15) is 0 Å². The van der Waals surface area contributed by atoms with Gasteiger partial charge in [-0.3, -0.25) is 4.68 Å². The second kappa shape index (κ2) is 5.17. The number of hydrogen-bond acceptors (Lipinski definition) is 2. The summed E-state index contributed by atoms with van der Waals surface area (Å²) in [6.45, 7) is 4.46. The molecule has 0 radical (unpaired) electrons. The number of piperidine rings is 1. The van der Waals surface area contributed by atoms with Gasteiger partial charge < -0.3 is 5.32 Å². The Bertz CT molecular complexity index is 551. The Morgan fingerprint density at radius 1 is 1.16 bits per heavy atom. The summed E-state index contributed by atoms with van der Waals surface area (Å²) >= 11 is 0. The first kappa shape index (κ1) is 12.4. The van der Waals surface area contributed by atoms with Crippen molar-refractivity contribution in [2.24, 2.45) is 7.05 Å². The molecule has 0 saturated carbocycles. The van der Waals surface area contributed by atoms with Crippen LogP contribution in [-0.2, 0) is 7.05 Å². The van der Waals surface area contributed by atoms with Crippen molar-refractivity contribution < 1.29 is 0 Å². The van der Waals surface area contributed by atoms with Crippen molar-refractivity contribution in [2.75, 3.05) is 13.1 Å². The van der Waals surface area contributed by atoms with Crippen LogP contribution < -0.4 is 5.32 Å². The highest BCUT2D eigenvalue weighted by atomic mass is 15.3. The molecule has 3 rings (SSSR count). The van der Waals surface area contributed by atoms with E-state index in [1.54, 1.807) is 0 Å². The predicted octanol–water partition coefficient (Wildman–Crippen LogP) is 2.86. The molecular formula is C16H21N3. The summed E-state index contributed by atoms with van der Waals surface area (Å²) in [4.78, 5) is 0. The van der Waals surface area contributed by atoms with Gasteiger partial charge in [0.05, 0.1) is 5.69 Å². The zero-order valence-corrected chi connectivity index (χ0v) is 11.7. The number of aryl methyl sites for hydroxylation is 1. The Hall–Kier alpha value is -1.61. The van der Waals surface area contributed by atoms with E-state index in [1.807, 2.05) is 0 Å². The minimum atomic E-state index is 0.649. The smallest absolute Gasteiger partial charge is 0.0955 e. The van der Waals surface area contributed by atoms with Crippen molar-refractivity contribution in [3.05, 3.63) is 41.6 Å². The van der Waals surface area contributed by atoms with Crippen LogP contribution in [0.2, 0.25) is 0 Å². The number of nitrogens with zero attached hydrogens (tertiary/aromatic N) is 2. The lowest BCUT2D eigenvalue weighted by Gasteiger charge is -2.23. The summed E-state index contributed by atoms with van der Waals surface area (Å²) in [6.07, 6.45) is 2.43. The van der Waals surface area contributed by atoms with Gasteiger partial charge in [0.2, 0.25) is 0 Å². The Morgan fingerprint density at radius 3 is 2.53 bits per heavy atom. The van der Waals surface area contributed by atoms with Crippen molar-refractivity contribution in [1.82, 2.24) is 15.1 Å². The topological polar surface area (TPSA) is 29.9 Å². The quantitative estimate of drug-likeness (QED) is 0.894. The number of hydrogen-bond donors (Lipinski definition) is 1. The maximum absolute atomic E-state index is 4.75. The Labute approximate surface area is 114 Å². The second-order valence-electron chi connectivity index (χ2n) is 5.37. The highest BCUT2D eigenvalue weighted by Gasteiger charge is 2.23. The van der Waals surface area contributed by atoms with E-state index in [2.05, 4.69) is 54.3 Å². The predicted molar refractivity (Wildman–Crippen MR) is 78.2 cm³/mol. The number of rotatable bonds is 2. The Morgan fingerprint density at radius 2 is 1.84 bits per heavy atom. The SMILES string of the molecule is Cc1c(-c2ccccc2)nn(C)c1C1CCNCC1. The Balaban J connectivity index is 2.00. The van der Waals surface area contributed by atoms with E-state index < -0.39 is 0 Å². The number of nitrogens with one attached hydrogen (secondary N) is 1. The van der Waals surface area contributed by atoms with Crippen LogP contribution in [0.5, 0.6) is 0 Å². The van der Waals surface area contributed by atoms with Crippen molar-refractivity contribution in [1.29, 1.82) is 0 Å². The highest BCUT2D eigenvalue weighted by molar-refractivity contribution is 5.64. The summed E-state index contributed by atoms with van der Waals surface area (Å²) in [5.74, 6) is 0.649. The van der Waals surface area contributed by atoms with Crippen LogP contribution in [0.15, 0.2) is 30.3 Å². The minimum absolute atomic E-state index is 0.649. The molecule has 1 fully saturated rings. The largest absolute Gasteiger partial charge is 0.317 e. The van der Waals surface area contributed by atoms with Crippen LogP contribution in [0.1, 0.15) is 30.0 Å². The van der Waals surface area contributed by atoms with E-state index in [1.165, 1.54) is 29.7 Å². The summed E-state index contributed by atoms with van der Waals surface area (Å²) in [5.41, 5.74) is 5.12. The van der Waals surface area contributed by atoms with Gasteiger partial charge in [0.25, 0.3) is 0 Å². The van der Waals surface area contributed by atoms with Gasteiger partial charge >= 0.3 is 0 Å². The van der Waals surface area contributed by atoms with Crippen LogP contribution >= 0.6 is 0 Å². The van der Waals surface area contributed by atoms with Crippen molar-refractivity contribution in [3.63, 3.8) is 0 Å². The molecule has 0 atom stereocenters. The Kier molecular flexibility index (Phi) is 3.38. The van der Waals surface area contributed by atoms with Crippen LogP contribution in [0.25, 0.3) is 11.3 Å². The van der Waals surface area contributed by atoms with Gasteiger partial charge in [0, 0.05) is 24.2 Å². The fraction of sp³-hybridized carbons (Fsp3) is 0.438. The maximum atomic E-state index is 4.75. The molecule has 100 valence electrons. The van der Waals surface area contributed by atoms with E-state index in [0.717, 1.165) is 18.8 Å². The first-order valence-corrected chi connectivity index (χ1v) is 7.07. The minimum Gasteiger partial charge on any atom is -0.317 e. The van der Waals surface area contributed by atoms with Crippen molar-refractivity contribution in [3.8, 4) is 11.3 Å². The van der Waals surface area contributed by atoms with E-state index in [-0.39, 0.29) is 0 Å². The van der Waals surface area contributed by atoms with Gasteiger partial charge in [-0.25, -0.2) is 0 Å². The lowest BCUT2D eigenvalue weighted by Crippen LogP contribution is -2.27. The first-order chi connectivity index (χ1) is 9.27.